The molecule has 0 aliphatic heterocycles. The molecule has 160 valence electrons. The number of nitrogens with one attached hydrogen (secondary N) is 2. The molecule has 4 aromatic rings. The minimum Gasteiger partial charge on any atom is -0.457 e. The molecule has 0 spiro atoms. The molecule has 0 aliphatic carbocycles. The lowest BCUT2D eigenvalue weighted by Crippen LogP contribution is -2.11. The van der Waals surface area contributed by atoms with Gasteiger partial charge in [0.25, 0.3) is 5.91 Å². The number of rotatable bonds is 6. The van der Waals surface area contributed by atoms with E-state index >= 15 is 0 Å². The highest BCUT2D eigenvalue weighted by Gasteiger charge is 2.08. The molecular formula is C25H19ClN2O3S. The van der Waals surface area contributed by atoms with Crippen molar-refractivity contribution in [3.63, 3.8) is 0 Å². The van der Waals surface area contributed by atoms with Gasteiger partial charge in [-0.3, -0.25) is 9.59 Å². The summed E-state index contributed by atoms with van der Waals surface area (Å²) in [6, 6.07) is 19.9. The molecular weight excluding hydrogens is 444 g/mol. The molecule has 0 unspecified atom stereocenters. The zero-order chi connectivity index (χ0) is 22.5. The smallest absolute Gasteiger partial charge is 0.265 e. The van der Waals surface area contributed by atoms with Gasteiger partial charge in [-0.2, -0.15) is 0 Å². The van der Waals surface area contributed by atoms with E-state index in [1.165, 1.54) is 17.4 Å². The van der Waals surface area contributed by atoms with E-state index in [-0.39, 0.29) is 11.8 Å². The van der Waals surface area contributed by atoms with E-state index in [2.05, 4.69) is 10.6 Å². The Bertz CT molecular complexity index is 1290. The third-order valence-corrected chi connectivity index (χ3v) is 5.89. The topological polar surface area (TPSA) is 71.3 Å². The van der Waals surface area contributed by atoms with Crippen LogP contribution in [0.15, 0.2) is 82.6 Å². The monoisotopic (exact) mass is 462 g/mol. The first-order valence-electron chi connectivity index (χ1n) is 9.78. The normalized spacial score (nSPS) is 10.9. The summed E-state index contributed by atoms with van der Waals surface area (Å²) < 4.78 is 5.79. The van der Waals surface area contributed by atoms with Gasteiger partial charge in [-0.15, -0.1) is 11.3 Å². The number of halogens is 1. The first kappa shape index (κ1) is 21.6. The summed E-state index contributed by atoms with van der Waals surface area (Å²) in [4.78, 5) is 25.1. The second-order valence-electron chi connectivity index (χ2n) is 7.00. The van der Waals surface area contributed by atoms with Gasteiger partial charge in [-0.05, 0) is 66.4 Å². The summed E-state index contributed by atoms with van der Waals surface area (Å²) in [5, 5.41) is 8.11. The van der Waals surface area contributed by atoms with E-state index < -0.39 is 0 Å². The van der Waals surface area contributed by atoms with Gasteiger partial charge in [-0.25, -0.2) is 0 Å². The lowest BCUT2D eigenvalue weighted by Gasteiger charge is -2.07. The Morgan fingerprint density at radius 2 is 1.78 bits per heavy atom. The second kappa shape index (κ2) is 9.68. The molecule has 5 nitrogen and oxygen atoms in total. The van der Waals surface area contributed by atoms with Gasteiger partial charge >= 0.3 is 0 Å². The predicted octanol–water partition coefficient (Wildman–Crippen LogP) is 6.87. The van der Waals surface area contributed by atoms with Crippen LogP contribution in [0.2, 0.25) is 5.02 Å². The fourth-order valence-corrected chi connectivity index (χ4v) is 3.76. The number of hydrogen-bond acceptors (Lipinski definition) is 4. The standard InChI is InChI=1S/C25H19ClN2O3S/c1-16-7-8-17(14-21(16)26)22-11-9-20(31-22)10-12-24(29)27-18-4-2-5-19(15-18)28-25(30)23-6-3-13-32-23/h2-15H,1H3,(H,27,29)(H,28,30)/b12-10+. The summed E-state index contributed by atoms with van der Waals surface area (Å²) in [5.74, 6) is 0.708. The van der Waals surface area contributed by atoms with Gasteiger partial charge < -0.3 is 15.1 Å². The molecule has 4 rings (SSSR count). The van der Waals surface area contributed by atoms with Gasteiger partial charge in [0.15, 0.2) is 0 Å². The maximum absolute atomic E-state index is 12.3. The number of thiophene rings is 1. The van der Waals surface area contributed by atoms with Gasteiger partial charge in [0.1, 0.15) is 11.5 Å². The number of aryl methyl sites for hydroxylation is 1. The first-order chi connectivity index (χ1) is 15.5. The molecule has 0 saturated carbocycles. The maximum atomic E-state index is 12.3. The highest BCUT2D eigenvalue weighted by molar-refractivity contribution is 7.12. The Morgan fingerprint density at radius 3 is 2.53 bits per heavy atom. The summed E-state index contributed by atoms with van der Waals surface area (Å²) in [7, 11) is 0. The van der Waals surface area contributed by atoms with Gasteiger partial charge in [0, 0.05) is 28.0 Å². The van der Waals surface area contributed by atoms with E-state index in [4.69, 9.17) is 16.0 Å². The Balaban J connectivity index is 1.38. The molecule has 0 saturated heterocycles. The van der Waals surface area contributed by atoms with E-state index in [1.807, 2.05) is 42.6 Å². The highest BCUT2D eigenvalue weighted by Crippen LogP contribution is 2.27. The minimum absolute atomic E-state index is 0.188. The molecule has 0 fully saturated rings. The number of amides is 2. The van der Waals surface area contributed by atoms with E-state index in [9.17, 15) is 9.59 Å². The highest BCUT2D eigenvalue weighted by atomic mass is 35.5. The van der Waals surface area contributed by atoms with Crippen LogP contribution in [-0.4, -0.2) is 11.8 Å². The number of carbonyl (C=O) groups excluding carboxylic acids is 2. The van der Waals surface area contributed by atoms with Crippen molar-refractivity contribution in [1.82, 2.24) is 0 Å². The Morgan fingerprint density at radius 1 is 0.969 bits per heavy atom. The van der Waals surface area contributed by atoms with Crippen LogP contribution in [0.25, 0.3) is 17.4 Å². The van der Waals surface area contributed by atoms with Crippen LogP contribution in [0.5, 0.6) is 0 Å². The van der Waals surface area contributed by atoms with Crippen molar-refractivity contribution < 1.29 is 14.0 Å². The van der Waals surface area contributed by atoms with Crippen molar-refractivity contribution in [2.75, 3.05) is 10.6 Å². The Hall–Kier alpha value is -3.61. The zero-order valence-corrected chi connectivity index (χ0v) is 18.7. The summed E-state index contributed by atoms with van der Waals surface area (Å²) in [6.07, 6.45) is 2.98. The van der Waals surface area contributed by atoms with E-state index in [0.29, 0.717) is 32.8 Å². The van der Waals surface area contributed by atoms with Crippen molar-refractivity contribution in [2.24, 2.45) is 0 Å². The quantitative estimate of drug-likeness (QED) is 0.307. The van der Waals surface area contributed by atoms with Crippen LogP contribution in [0.1, 0.15) is 21.0 Å². The predicted molar refractivity (Wildman–Crippen MR) is 130 cm³/mol. The maximum Gasteiger partial charge on any atom is 0.265 e. The van der Waals surface area contributed by atoms with Crippen molar-refractivity contribution >= 4 is 52.2 Å². The zero-order valence-electron chi connectivity index (χ0n) is 17.1. The van der Waals surface area contributed by atoms with Crippen LogP contribution < -0.4 is 10.6 Å². The van der Waals surface area contributed by atoms with Crippen molar-refractivity contribution in [3.8, 4) is 11.3 Å². The molecule has 7 heteroatoms. The van der Waals surface area contributed by atoms with E-state index in [0.717, 1.165) is 11.1 Å². The Kier molecular flexibility index (Phi) is 6.54. The number of anilines is 2. The molecule has 2 N–H and O–H groups in total. The SMILES string of the molecule is Cc1ccc(-c2ccc(/C=C/C(=O)Nc3cccc(NC(=O)c4cccs4)c3)o2)cc1Cl. The van der Waals surface area contributed by atoms with Crippen LogP contribution >= 0.6 is 22.9 Å². The summed E-state index contributed by atoms with van der Waals surface area (Å²) in [6.45, 7) is 1.94. The van der Waals surface area contributed by atoms with E-state index in [1.54, 1.807) is 42.5 Å². The molecule has 0 aliphatic rings. The fourth-order valence-electron chi connectivity index (χ4n) is 2.96. The lowest BCUT2D eigenvalue weighted by atomic mass is 10.1. The van der Waals surface area contributed by atoms with Crippen molar-refractivity contribution in [1.29, 1.82) is 0 Å². The fraction of sp³-hybridized carbons (Fsp3) is 0.0400. The third kappa shape index (κ3) is 5.35. The van der Waals surface area contributed by atoms with Gasteiger partial charge in [0.2, 0.25) is 5.91 Å². The number of benzene rings is 2. The van der Waals surface area contributed by atoms with Crippen LogP contribution in [0.3, 0.4) is 0 Å². The average Bonchev–Trinajstić information content (AvgIpc) is 3.47. The number of carbonyl (C=O) groups is 2. The molecule has 2 aromatic carbocycles. The summed E-state index contributed by atoms with van der Waals surface area (Å²) >= 11 is 7.55. The van der Waals surface area contributed by atoms with Crippen LogP contribution in [-0.2, 0) is 4.79 Å². The van der Waals surface area contributed by atoms with Gasteiger partial charge in [-0.1, -0.05) is 35.9 Å². The van der Waals surface area contributed by atoms with Gasteiger partial charge in [0.05, 0.1) is 4.88 Å². The minimum atomic E-state index is -0.317. The van der Waals surface area contributed by atoms with Crippen LogP contribution in [0, 0.1) is 6.92 Å². The molecule has 2 amide bonds. The Labute approximate surface area is 194 Å². The van der Waals surface area contributed by atoms with Crippen molar-refractivity contribution in [2.45, 2.75) is 6.92 Å². The molecule has 0 bridgehead atoms. The summed E-state index contributed by atoms with van der Waals surface area (Å²) in [5.41, 5.74) is 3.02. The third-order valence-electron chi connectivity index (χ3n) is 4.62. The largest absolute Gasteiger partial charge is 0.457 e. The molecule has 32 heavy (non-hydrogen) atoms. The lowest BCUT2D eigenvalue weighted by molar-refractivity contribution is -0.111. The second-order valence-corrected chi connectivity index (χ2v) is 8.36. The molecule has 0 radical (unpaired) electrons. The first-order valence-corrected chi connectivity index (χ1v) is 11.0. The molecule has 2 aromatic heterocycles. The molecule has 2 heterocycles. The number of hydrogen-bond donors (Lipinski definition) is 2. The average molecular weight is 463 g/mol. The number of furan rings is 1. The van der Waals surface area contributed by atoms with Crippen LogP contribution in [0.4, 0.5) is 11.4 Å². The molecule has 0 atom stereocenters. The van der Waals surface area contributed by atoms with Crippen molar-refractivity contribution in [3.05, 3.63) is 99.4 Å².